The van der Waals surface area contributed by atoms with Crippen molar-refractivity contribution in [3.05, 3.63) is 35.4 Å². The zero-order chi connectivity index (χ0) is 15.3. The standard InChI is InChI=1S/C16H26N2O2/c1-11(2)12-7-6-8-13(9-12)14(10-17)18-15(19)20-16(3,4)5/h6-9,11,14H,10,17H2,1-5H3,(H,18,19). The summed E-state index contributed by atoms with van der Waals surface area (Å²) in [4.78, 5) is 11.8. The fourth-order valence-electron chi connectivity index (χ4n) is 1.86. The topological polar surface area (TPSA) is 64.3 Å². The van der Waals surface area contributed by atoms with Crippen LogP contribution in [0.15, 0.2) is 24.3 Å². The van der Waals surface area contributed by atoms with Crippen molar-refractivity contribution >= 4 is 6.09 Å². The molecule has 0 saturated carbocycles. The number of hydrogen-bond acceptors (Lipinski definition) is 3. The Morgan fingerprint density at radius 2 is 1.90 bits per heavy atom. The number of hydrogen-bond donors (Lipinski definition) is 2. The normalized spacial score (nSPS) is 13.2. The van der Waals surface area contributed by atoms with E-state index in [1.54, 1.807) is 0 Å². The molecule has 0 bridgehead atoms. The third-order valence-corrected chi connectivity index (χ3v) is 2.91. The molecule has 1 aromatic rings. The summed E-state index contributed by atoms with van der Waals surface area (Å²) in [7, 11) is 0. The van der Waals surface area contributed by atoms with Crippen molar-refractivity contribution in [1.82, 2.24) is 5.32 Å². The molecule has 4 heteroatoms. The summed E-state index contributed by atoms with van der Waals surface area (Å²) in [6, 6.07) is 7.89. The molecule has 3 N–H and O–H groups in total. The number of benzene rings is 1. The summed E-state index contributed by atoms with van der Waals surface area (Å²) in [6.07, 6.45) is -0.442. The van der Waals surface area contributed by atoms with Crippen LogP contribution < -0.4 is 11.1 Å². The third-order valence-electron chi connectivity index (χ3n) is 2.91. The predicted molar refractivity (Wildman–Crippen MR) is 81.7 cm³/mol. The first-order valence-corrected chi connectivity index (χ1v) is 7.02. The highest BCUT2D eigenvalue weighted by Crippen LogP contribution is 2.20. The van der Waals surface area contributed by atoms with E-state index in [4.69, 9.17) is 10.5 Å². The lowest BCUT2D eigenvalue weighted by molar-refractivity contribution is 0.0505. The van der Waals surface area contributed by atoms with Gasteiger partial charge in [0.1, 0.15) is 5.60 Å². The van der Waals surface area contributed by atoms with Crippen LogP contribution in [-0.4, -0.2) is 18.2 Å². The van der Waals surface area contributed by atoms with Crippen LogP contribution in [0.25, 0.3) is 0 Å². The van der Waals surface area contributed by atoms with Crippen LogP contribution in [0.4, 0.5) is 4.79 Å². The Hall–Kier alpha value is -1.55. The van der Waals surface area contributed by atoms with Crippen LogP contribution in [0.3, 0.4) is 0 Å². The lowest BCUT2D eigenvalue weighted by atomic mass is 9.98. The van der Waals surface area contributed by atoms with Gasteiger partial charge in [-0.2, -0.15) is 0 Å². The van der Waals surface area contributed by atoms with Gasteiger partial charge in [0.2, 0.25) is 0 Å². The summed E-state index contributed by atoms with van der Waals surface area (Å²) >= 11 is 0. The molecule has 0 aliphatic rings. The van der Waals surface area contributed by atoms with Crippen LogP contribution in [0.1, 0.15) is 57.7 Å². The highest BCUT2D eigenvalue weighted by molar-refractivity contribution is 5.68. The van der Waals surface area contributed by atoms with Crippen molar-refractivity contribution in [3.63, 3.8) is 0 Å². The first-order valence-electron chi connectivity index (χ1n) is 7.02. The van der Waals surface area contributed by atoms with Crippen molar-refractivity contribution in [2.45, 2.75) is 52.2 Å². The van der Waals surface area contributed by atoms with Gasteiger partial charge in [-0.1, -0.05) is 38.1 Å². The van der Waals surface area contributed by atoms with Gasteiger partial charge in [0.05, 0.1) is 6.04 Å². The smallest absolute Gasteiger partial charge is 0.408 e. The molecule has 1 rings (SSSR count). The van der Waals surface area contributed by atoms with Gasteiger partial charge in [-0.15, -0.1) is 0 Å². The molecule has 1 amide bonds. The van der Waals surface area contributed by atoms with E-state index in [0.29, 0.717) is 12.5 Å². The molecule has 112 valence electrons. The number of nitrogens with two attached hydrogens (primary N) is 1. The number of alkyl carbamates (subject to hydrolysis) is 1. The molecule has 0 saturated heterocycles. The second kappa shape index (κ2) is 6.75. The molecule has 1 unspecified atom stereocenters. The van der Waals surface area contributed by atoms with Crippen molar-refractivity contribution in [1.29, 1.82) is 0 Å². The van der Waals surface area contributed by atoms with Crippen molar-refractivity contribution in [2.24, 2.45) is 5.73 Å². The number of carbonyl (C=O) groups is 1. The number of carbonyl (C=O) groups excluding carboxylic acids is 1. The monoisotopic (exact) mass is 278 g/mol. The average Bonchev–Trinajstić information content (AvgIpc) is 2.34. The van der Waals surface area contributed by atoms with Crippen LogP contribution in [0.5, 0.6) is 0 Å². The average molecular weight is 278 g/mol. The molecule has 0 aliphatic heterocycles. The van der Waals surface area contributed by atoms with E-state index in [9.17, 15) is 4.79 Å². The van der Waals surface area contributed by atoms with Gasteiger partial charge in [0.25, 0.3) is 0 Å². The molecule has 4 nitrogen and oxygen atoms in total. The second-order valence-corrected chi connectivity index (χ2v) is 6.26. The summed E-state index contributed by atoms with van der Waals surface area (Å²) < 4.78 is 5.26. The number of amides is 1. The number of rotatable bonds is 4. The highest BCUT2D eigenvalue weighted by atomic mass is 16.6. The lowest BCUT2D eigenvalue weighted by Gasteiger charge is -2.23. The molecular weight excluding hydrogens is 252 g/mol. The lowest BCUT2D eigenvalue weighted by Crippen LogP contribution is -2.37. The van der Waals surface area contributed by atoms with E-state index in [0.717, 1.165) is 5.56 Å². The molecule has 0 fully saturated rings. The molecule has 0 spiro atoms. The van der Waals surface area contributed by atoms with E-state index in [1.165, 1.54) is 5.56 Å². The largest absolute Gasteiger partial charge is 0.444 e. The van der Waals surface area contributed by atoms with Gasteiger partial charge in [0, 0.05) is 6.54 Å². The van der Waals surface area contributed by atoms with E-state index in [2.05, 4.69) is 31.3 Å². The fraction of sp³-hybridized carbons (Fsp3) is 0.562. The Balaban J connectivity index is 2.81. The Kier molecular flexibility index (Phi) is 5.57. The molecule has 0 radical (unpaired) electrons. The molecule has 1 atom stereocenters. The van der Waals surface area contributed by atoms with Gasteiger partial charge in [-0.3, -0.25) is 0 Å². The van der Waals surface area contributed by atoms with Gasteiger partial charge >= 0.3 is 6.09 Å². The number of nitrogens with one attached hydrogen (secondary N) is 1. The molecular formula is C16H26N2O2. The fourth-order valence-corrected chi connectivity index (χ4v) is 1.86. The maximum absolute atomic E-state index is 11.8. The van der Waals surface area contributed by atoms with Crippen LogP contribution >= 0.6 is 0 Å². The number of ether oxygens (including phenoxy) is 1. The van der Waals surface area contributed by atoms with Gasteiger partial charge in [0.15, 0.2) is 0 Å². The third kappa shape index (κ3) is 5.21. The molecule has 20 heavy (non-hydrogen) atoms. The Morgan fingerprint density at radius 3 is 2.40 bits per heavy atom. The molecule has 0 heterocycles. The minimum Gasteiger partial charge on any atom is -0.444 e. The van der Waals surface area contributed by atoms with Gasteiger partial charge in [-0.25, -0.2) is 4.79 Å². The van der Waals surface area contributed by atoms with E-state index in [1.807, 2.05) is 32.9 Å². The van der Waals surface area contributed by atoms with Crippen molar-refractivity contribution in [3.8, 4) is 0 Å². The summed E-state index contributed by atoms with van der Waals surface area (Å²) in [5, 5.41) is 2.82. The summed E-state index contributed by atoms with van der Waals surface area (Å²) in [5.74, 6) is 0.440. The first-order chi connectivity index (χ1) is 9.23. The summed E-state index contributed by atoms with van der Waals surface area (Å²) in [6.45, 7) is 10.1. The van der Waals surface area contributed by atoms with E-state index >= 15 is 0 Å². The van der Waals surface area contributed by atoms with Gasteiger partial charge < -0.3 is 15.8 Å². The highest BCUT2D eigenvalue weighted by Gasteiger charge is 2.20. The zero-order valence-electron chi connectivity index (χ0n) is 13.1. The van der Waals surface area contributed by atoms with Crippen molar-refractivity contribution < 1.29 is 9.53 Å². The minimum absolute atomic E-state index is 0.233. The summed E-state index contributed by atoms with van der Waals surface area (Å²) in [5.41, 5.74) is 7.49. The molecule has 1 aromatic carbocycles. The van der Waals surface area contributed by atoms with Crippen molar-refractivity contribution in [2.75, 3.05) is 6.54 Å². The van der Waals surface area contributed by atoms with Crippen LogP contribution in [0.2, 0.25) is 0 Å². The Labute approximate surface area is 121 Å². The maximum Gasteiger partial charge on any atom is 0.408 e. The van der Waals surface area contributed by atoms with E-state index < -0.39 is 11.7 Å². The quantitative estimate of drug-likeness (QED) is 0.888. The molecule has 0 aliphatic carbocycles. The van der Waals surface area contributed by atoms with Gasteiger partial charge in [-0.05, 0) is 37.8 Å². The second-order valence-electron chi connectivity index (χ2n) is 6.26. The maximum atomic E-state index is 11.8. The first kappa shape index (κ1) is 16.5. The van der Waals surface area contributed by atoms with Crippen LogP contribution in [-0.2, 0) is 4.74 Å². The predicted octanol–water partition coefficient (Wildman–Crippen LogP) is 3.33. The zero-order valence-corrected chi connectivity index (χ0v) is 13.1. The minimum atomic E-state index is -0.511. The van der Waals surface area contributed by atoms with Crippen LogP contribution in [0, 0.1) is 0 Å². The Morgan fingerprint density at radius 1 is 1.30 bits per heavy atom. The Bertz CT molecular complexity index is 450. The molecule has 0 aromatic heterocycles. The SMILES string of the molecule is CC(C)c1cccc(C(CN)NC(=O)OC(C)(C)C)c1. The van der Waals surface area contributed by atoms with E-state index in [-0.39, 0.29) is 6.04 Å².